The van der Waals surface area contributed by atoms with Crippen LogP contribution in [-0.4, -0.2) is 34.2 Å². The van der Waals surface area contributed by atoms with Gasteiger partial charge in [0, 0.05) is 6.54 Å². The first-order chi connectivity index (χ1) is 13.9. The van der Waals surface area contributed by atoms with Gasteiger partial charge in [0.2, 0.25) is 0 Å². The van der Waals surface area contributed by atoms with Crippen molar-refractivity contribution < 1.29 is 14.6 Å². The summed E-state index contributed by atoms with van der Waals surface area (Å²) in [6.45, 7) is 5.10. The van der Waals surface area contributed by atoms with Crippen LogP contribution < -0.4 is 4.74 Å². The molecule has 1 heterocycles. The van der Waals surface area contributed by atoms with Crippen LogP contribution in [0, 0.1) is 0 Å². The van der Waals surface area contributed by atoms with Gasteiger partial charge in [-0.2, -0.15) is 0 Å². The van der Waals surface area contributed by atoms with Crippen LogP contribution in [0.5, 0.6) is 11.5 Å². The molecule has 8 heteroatoms. The van der Waals surface area contributed by atoms with Crippen molar-refractivity contribution >= 4 is 57.8 Å². The van der Waals surface area contributed by atoms with Crippen LogP contribution >= 0.6 is 35.0 Å². The van der Waals surface area contributed by atoms with E-state index in [0.717, 1.165) is 17.9 Å². The summed E-state index contributed by atoms with van der Waals surface area (Å²) in [6, 6.07) is 10.5. The highest BCUT2D eigenvalue weighted by atomic mass is 35.5. The smallest absolute Gasteiger partial charge is 0.266 e. The molecule has 1 saturated heterocycles. The van der Waals surface area contributed by atoms with Crippen molar-refractivity contribution in [1.82, 2.24) is 4.90 Å². The molecule has 3 rings (SSSR count). The van der Waals surface area contributed by atoms with E-state index in [1.165, 1.54) is 11.8 Å². The van der Waals surface area contributed by atoms with Gasteiger partial charge in [0.25, 0.3) is 5.91 Å². The third kappa shape index (κ3) is 5.07. The summed E-state index contributed by atoms with van der Waals surface area (Å²) < 4.78 is 5.45. The molecule has 1 aliphatic heterocycles. The van der Waals surface area contributed by atoms with E-state index in [9.17, 15) is 9.90 Å². The lowest BCUT2D eigenvalue weighted by molar-refractivity contribution is -0.122. The number of aliphatic imine (C=N–C) groups is 1. The lowest BCUT2D eigenvalue weighted by Gasteiger charge is -2.14. The highest BCUT2D eigenvalue weighted by molar-refractivity contribution is 8.18. The minimum Gasteiger partial charge on any atom is -0.505 e. The van der Waals surface area contributed by atoms with Crippen LogP contribution in [0.4, 0.5) is 5.69 Å². The van der Waals surface area contributed by atoms with Crippen LogP contribution in [0.15, 0.2) is 46.3 Å². The van der Waals surface area contributed by atoms with Gasteiger partial charge < -0.3 is 9.84 Å². The average Bonchev–Trinajstić information content (AvgIpc) is 2.97. The zero-order chi connectivity index (χ0) is 21.0. The molecule has 1 amide bonds. The number of hydrogen-bond acceptors (Lipinski definition) is 5. The number of halogens is 2. The Bertz CT molecular complexity index is 951. The lowest BCUT2D eigenvalue weighted by atomic mass is 10.2. The first-order valence-corrected chi connectivity index (χ1v) is 10.7. The number of ether oxygens (including phenoxy) is 1. The summed E-state index contributed by atoms with van der Waals surface area (Å²) in [5.41, 5.74) is 1.37. The minimum absolute atomic E-state index is 0.123. The number of amidine groups is 1. The standard InChI is InChI=1S/C21H20Cl2N2O3S/c1-3-9-25-20(27)18(12-13-10-16(22)19(26)17(23)11-13)29-21(25)24-14-5-7-15(8-6-14)28-4-2/h5-8,10-12,26H,3-4,9H2,1-2H3/b18-12+,24-21?. The topological polar surface area (TPSA) is 62.1 Å². The van der Waals surface area contributed by atoms with Gasteiger partial charge in [0.15, 0.2) is 10.9 Å². The molecule has 0 radical (unpaired) electrons. The Kier molecular flexibility index (Phi) is 7.11. The molecule has 0 aromatic heterocycles. The summed E-state index contributed by atoms with van der Waals surface area (Å²) >= 11 is 13.3. The van der Waals surface area contributed by atoms with E-state index in [-0.39, 0.29) is 21.7 Å². The van der Waals surface area contributed by atoms with E-state index < -0.39 is 0 Å². The lowest BCUT2D eigenvalue weighted by Crippen LogP contribution is -2.29. The van der Waals surface area contributed by atoms with E-state index in [1.54, 1.807) is 23.1 Å². The van der Waals surface area contributed by atoms with Crippen LogP contribution in [0.25, 0.3) is 6.08 Å². The van der Waals surface area contributed by atoms with E-state index in [4.69, 9.17) is 27.9 Å². The molecule has 152 valence electrons. The van der Waals surface area contributed by atoms with Crippen molar-refractivity contribution in [3.8, 4) is 11.5 Å². The first-order valence-electron chi connectivity index (χ1n) is 9.14. The Morgan fingerprint density at radius 2 is 1.83 bits per heavy atom. The quantitative estimate of drug-likeness (QED) is 0.538. The Labute approximate surface area is 184 Å². The highest BCUT2D eigenvalue weighted by Crippen LogP contribution is 2.37. The fourth-order valence-electron chi connectivity index (χ4n) is 2.73. The molecule has 0 atom stereocenters. The SMILES string of the molecule is CCCN1C(=O)/C(=C\c2cc(Cl)c(O)c(Cl)c2)SC1=Nc1ccc(OCC)cc1. The van der Waals surface area contributed by atoms with Crippen molar-refractivity contribution in [2.24, 2.45) is 4.99 Å². The highest BCUT2D eigenvalue weighted by Gasteiger charge is 2.32. The van der Waals surface area contributed by atoms with Crippen LogP contribution in [0.3, 0.4) is 0 Å². The number of phenolic OH excluding ortho intramolecular Hbond substituents is 1. The Balaban J connectivity index is 1.91. The molecule has 1 fully saturated rings. The maximum Gasteiger partial charge on any atom is 0.266 e. The minimum atomic E-state index is -0.175. The maximum atomic E-state index is 12.9. The number of thioether (sulfide) groups is 1. The Morgan fingerprint density at radius 1 is 1.17 bits per heavy atom. The predicted molar refractivity (Wildman–Crippen MR) is 120 cm³/mol. The number of carbonyl (C=O) groups excluding carboxylic acids is 1. The van der Waals surface area contributed by atoms with E-state index >= 15 is 0 Å². The number of aromatic hydroxyl groups is 1. The molecule has 2 aromatic carbocycles. The molecule has 0 bridgehead atoms. The summed E-state index contributed by atoms with van der Waals surface area (Å²) in [7, 11) is 0. The molecular formula is C21H20Cl2N2O3S. The summed E-state index contributed by atoms with van der Waals surface area (Å²) in [5.74, 6) is 0.479. The second kappa shape index (κ2) is 9.57. The number of carbonyl (C=O) groups is 1. The van der Waals surface area contributed by atoms with Crippen molar-refractivity contribution in [2.75, 3.05) is 13.2 Å². The largest absolute Gasteiger partial charge is 0.505 e. The maximum absolute atomic E-state index is 12.9. The van der Waals surface area contributed by atoms with Crippen LogP contribution in [-0.2, 0) is 4.79 Å². The number of amides is 1. The molecule has 1 aliphatic rings. The number of nitrogens with zero attached hydrogens (tertiary/aromatic N) is 2. The second-order valence-corrected chi connectivity index (χ2v) is 8.05. The van der Waals surface area contributed by atoms with Gasteiger partial charge in [0.1, 0.15) is 5.75 Å². The zero-order valence-corrected chi connectivity index (χ0v) is 18.3. The molecule has 1 N–H and O–H groups in total. The average molecular weight is 451 g/mol. The normalized spacial score (nSPS) is 16.8. The molecule has 0 unspecified atom stereocenters. The van der Waals surface area contributed by atoms with Gasteiger partial charge in [-0.1, -0.05) is 30.1 Å². The Morgan fingerprint density at radius 3 is 2.41 bits per heavy atom. The van der Waals surface area contributed by atoms with Gasteiger partial charge in [-0.25, -0.2) is 4.99 Å². The van der Waals surface area contributed by atoms with Crippen molar-refractivity contribution in [1.29, 1.82) is 0 Å². The van der Waals surface area contributed by atoms with Gasteiger partial charge in [-0.3, -0.25) is 9.69 Å². The zero-order valence-electron chi connectivity index (χ0n) is 16.0. The van der Waals surface area contributed by atoms with Crippen LogP contribution in [0.1, 0.15) is 25.8 Å². The predicted octanol–water partition coefficient (Wildman–Crippen LogP) is 6.11. The molecule has 0 saturated carbocycles. The third-order valence-corrected chi connectivity index (χ3v) is 5.63. The molecule has 5 nitrogen and oxygen atoms in total. The van der Waals surface area contributed by atoms with E-state index in [1.807, 2.05) is 38.1 Å². The monoisotopic (exact) mass is 450 g/mol. The molecule has 0 spiro atoms. The third-order valence-electron chi connectivity index (χ3n) is 4.04. The number of benzene rings is 2. The van der Waals surface area contributed by atoms with Gasteiger partial charge in [-0.05, 0) is 73.1 Å². The van der Waals surface area contributed by atoms with Crippen molar-refractivity contribution in [3.05, 3.63) is 56.9 Å². The van der Waals surface area contributed by atoms with Gasteiger partial charge in [0.05, 0.1) is 27.2 Å². The molecule has 0 aliphatic carbocycles. The fourth-order valence-corrected chi connectivity index (χ4v) is 4.25. The first kappa shape index (κ1) is 21.6. The van der Waals surface area contributed by atoms with Crippen molar-refractivity contribution in [3.63, 3.8) is 0 Å². The summed E-state index contributed by atoms with van der Waals surface area (Å²) in [6.07, 6.45) is 2.51. The van der Waals surface area contributed by atoms with E-state index in [0.29, 0.717) is 28.8 Å². The molecule has 29 heavy (non-hydrogen) atoms. The molecular weight excluding hydrogens is 431 g/mol. The van der Waals surface area contributed by atoms with Gasteiger partial charge in [-0.15, -0.1) is 0 Å². The van der Waals surface area contributed by atoms with Crippen LogP contribution in [0.2, 0.25) is 10.0 Å². The van der Waals surface area contributed by atoms with E-state index in [2.05, 4.69) is 4.99 Å². The fraction of sp³-hybridized carbons (Fsp3) is 0.238. The number of hydrogen-bond donors (Lipinski definition) is 1. The number of phenols is 1. The van der Waals surface area contributed by atoms with Gasteiger partial charge >= 0.3 is 0 Å². The molecule has 2 aromatic rings. The second-order valence-electron chi connectivity index (χ2n) is 6.22. The Hall–Kier alpha value is -2.15. The van der Waals surface area contributed by atoms with Crippen molar-refractivity contribution in [2.45, 2.75) is 20.3 Å². The summed E-state index contributed by atoms with van der Waals surface area (Å²) in [5, 5.41) is 10.6. The summed E-state index contributed by atoms with van der Waals surface area (Å²) in [4.78, 5) is 19.7. The number of rotatable bonds is 6.